The van der Waals surface area contributed by atoms with E-state index in [1.165, 1.54) is 0 Å². The van der Waals surface area contributed by atoms with Crippen molar-refractivity contribution in [3.05, 3.63) is 0 Å². The summed E-state index contributed by atoms with van der Waals surface area (Å²) >= 11 is 0. The Labute approximate surface area is 92.5 Å². The minimum absolute atomic E-state index is 0.114. The lowest BCUT2D eigenvalue weighted by Crippen LogP contribution is -2.34. The van der Waals surface area contributed by atoms with Crippen molar-refractivity contribution in [3.63, 3.8) is 0 Å². The van der Waals surface area contributed by atoms with Crippen LogP contribution in [0.5, 0.6) is 0 Å². The number of unbranched alkanes of at least 4 members (excludes halogenated alkanes) is 1. The van der Waals surface area contributed by atoms with Gasteiger partial charge in [0.05, 0.1) is 12.0 Å². The molecule has 0 saturated heterocycles. The van der Waals surface area contributed by atoms with E-state index in [0.29, 0.717) is 6.42 Å². The van der Waals surface area contributed by atoms with Gasteiger partial charge in [-0.15, -0.1) is 0 Å². The van der Waals surface area contributed by atoms with Crippen LogP contribution in [0.1, 0.15) is 52.9 Å². The monoisotopic (exact) mass is 216 g/mol. The van der Waals surface area contributed by atoms with Gasteiger partial charge in [-0.2, -0.15) is 0 Å². The summed E-state index contributed by atoms with van der Waals surface area (Å²) in [4.78, 5) is 11.0. The van der Waals surface area contributed by atoms with Gasteiger partial charge in [-0.1, -0.05) is 46.5 Å². The third-order valence-electron chi connectivity index (χ3n) is 3.13. The predicted octanol–water partition coefficient (Wildman–Crippen LogP) is 2.67. The summed E-state index contributed by atoms with van der Waals surface area (Å²) in [5, 5.41) is 19.0. The molecule has 3 heteroatoms. The molecule has 15 heavy (non-hydrogen) atoms. The molecule has 2 N–H and O–H groups in total. The molecule has 0 rings (SSSR count). The molecule has 0 heterocycles. The van der Waals surface area contributed by atoms with Crippen LogP contribution in [0, 0.1) is 11.8 Å². The van der Waals surface area contributed by atoms with Crippen molar-refractivity contribution >= 4 is 5.97 Å². The Kier molecular flexibility index (Phi) is 7.39. The van der Waals surface area contributed by atoms with Gasteiger partial charge in [0.2, 0.25) is 0 Å². The van der Waals surface area contributed by atoms with E-state index in [2.05, 4.69) is 0 Å². The van der Waals surface area contributed by atoms with Gasteiger partial charge < -0.3 is 10.2 Å². The zero-order valence-corrected chi connectivity index (χ0v) is 10.1. The molecule has 0 aromatic carbocycles. The highest BCUT2D eigenvalue weighted by Gasteiger charge is 2.30. The van der Waals surface area contributed by atoms with Crippen molar-refractivity contribution in [3.8, 4) is 0 Å². The lowest BCUT2D eigenvalue weighted by atomic mass is 9.84. The first-order valence-corrected chi connectivity index (χ1v) is 5.99. The van der Waals surface area contributed by atoms with Crippen LogP contribution < -0.4 is 0 Å². The molecule has 0 bridgehead atoms. The Hall–Kier alpha value is -0.570. The highest BCUT2D eigenvalue weighted by molar-refractivity contribution is 5.70. The zero-order chi connectivity index (χ0) is 11.8. The number of carboxylic acid groups (broad SMARTS) is 1. The Morgan fingerprint density at radius 2 is 1.73 bits per heavy atom. The molecule has 0 aliphatic rings. The van der Waals surface area contributed by atoms with E-state index in [0.717, 1.165) is 25.7 Å². The average Bonchev–Trinajstić information content (AvgIpc) is 2.19. The van der Waals surface area contributed by atoms with Gasteiger partial charge >= 0.3 is 5.97 Å². The number of carbonyl (C=O) groups is 1. The van der Waals surface area contributed by atoms with E-state index in [4.69, 9.17) is 5.11 Å². The second kappa shape index (κ2) is 7.69. The summed E-state index contributed by atoms with van der Waals surface area (Å²) in [7, 11) is 0. The maximum Gasteiger partial charge on any atom is 0.309 e. The topological polar surface area (TPSA) is 57.5 Å². The molecular weight excluding hydrogens is 192 g/mol. The molecule has 0 aromatic heterocycles. The largest absolute Gasteiger partial charge is 0.481 e. The second-order valence-corrected chi connectivity index (χ2v) is 4.15. The SMILES string of the molecule is CCCCC(C(=O)O)C(O)C(CC)CC. The fraction of sp³-hybridized carbons (Fsp3) is 0.917. The van der Waals surface area contributed by atoms with E-state index in [1.54, 1.807) is 0 Å². The fourth-order valence-corrected chi connectivity index (χ4v) is 1.96. The van der Waals surface area contributed by atoms with Crippen molar-refractivity contribution in [2.75, 3.05) is 0 Å². The van der Waals surface area contributed by atoms with Gasteiger partial charge in [-0.25, -0.2) is 0 Å². The van der Waals surface area contributed by atoms with Crippen LogP contribution >= 0.6 is 0 Å². The molecule has 0 aliphatic carbocycles. The molecule has 0 amide bonds. The van der Waals surface area contributed by atoms with Gasteiger partial charge in [0.15, 0.2) is 0 Å². The molecule has 0 aliphatic heterocycles. The van der Waals surface area contributed by atoms with Crippen LogP contribution in [0.2, 0.25) is 0 Å². The summed E-state index contributed by atoms with van der Waals surface area (Å²) in [5.74, 6) is -1.33. The van der Waals surface area contributed by atoms with Crippen molar-refractivity contribution in [1.29, 1.82) is 0 Å². The summed E-state index contributed by atoms with van der Waals surface area (Å²) in [6, 6.07) is 0. The Morgan fingerprint density at radius 3 is 2.07 bits per heavy atom. The zero-order valence-electron chi connectivity index (χ0n) is 10.1. The molecule has 3 nitrogen and oxygen atoms in total. The van der Waals surface area contributed by atoms with Crippen LogP contribution in [0.3, 0.4) is 0 Å². The standard InChI is InChI=1S/C12H24O3/c1-4-7-8-10(12(14)15)11(13)9(5-2)6-3/h9-11,13H,4-8H2,1-3H3,(H,14,15). The quantitative estimate of drug-likeness (QED) is 0.656. The second-order valence-electron chi connectivity index (χ2n) is 4.15. The van der Waals surface area contributed by atoms with Crippen LogP contribution in [-0.2, 0) is 4.79 Å². The first-order chi connectivity index (χ1) is 7.08. The van der Waals surface area contributed by atoms with Crippen molar-refractivity contribution in [2.24, 2.45) is 11.8 Å². The summed E-state index contributed by atoms with van der Waals surface area (Å²) in [6.07, 6.45) is 3.42. The minimum atomic E-state index is -0.858. The lowest BCUT2D eigenvalue weighted by Gasteiger charge is -2.25. The van der Waals surface area contributed by atoms with Crippen molar-refractivity contribution in [2.45, 2.75) is 59.0 Å². The molecule has 0 spiro atoms. The van der Waals surface area contributed by atoms with Gasteiger partial charge in [0, 0.05) is 0 Å². The van der Waals surface area contributed by atoms with Crippen LogP contribution in [-0.4, -0.2) is 22.3 Å². The van der Waals surface area contributed by atoms with Gasteiger partial charge in [-0.05, 0) is 12.3 Å². The molecule has 2 unspecified atom stereocenters. The molecule has 90 valence electrons. The molecule has 2 atom stereocenters. The van der Waals surface area contributed by atoms with Crippen LogP contribution in [0.25, 0.3) is 0 Å². The summed E-state index contributed by atoms with van der Waals surface area (Å²) in [5.41, 5.74) is 0. The smallest absolute Gasteiger partial charge is 0.309 e. The molecule has 0 saturated carbocycles. The normalized spacial score (nSPS) is 15.3. The van der Waals surface area contributed by atoms with Gasteiger partial charge in [0.1, 0.15) is 0 Å². The number of hydrogen-bond donors (Lipinski definition) is 2. The molecule has 0 aromatic rings. The third kappa shape index (κ3) is 4.65. The average molecular weight is 216 g/mol. The van der Waals surface area contributed by atoms with Crippen molar-refractivity contribution < 1.29 is 15.0 Å². The number of carboxylic acids is 1. The number of rotatable bonds is 8. The van der Waals surface area contributed by atoms with Gasteiger partial charge in [0.25, 0.3) is 0 Å². The number of aliphatic hydroxyl groups excluding tert-OH is 1. The lowest BCUT2D eigenvalue weighted by molar-refractivity contribution is -0.147. The first-order valence-electron chi connectivity index (χ1n) is 5.99. The van der Waals surface area contributed by atoms with Gasteiger partial charge in [-0.3, -0.25) is 4.79 Å². The predicted molar refractivity (Wildman–Crippen MR) is 60.7 cm³/mol. The van der Waals surface area contributed by atoms with E-state index in [-0.39, 0.29) is 5.92 Å². The molecule has 0 fully saturated rings. The highest BCUT2D eigenvalue weighted by atomic mass is 16.4. The third-order valence-corrected chi connectivity index (χ3v) is 3.13. The highest BCUT2D eigenvalue weighted by Crippen LogP contribution is 2.24. The molecular formula is C12H24O3. The van der Waals surface area contributed by atoms with Crippen molar-refractivity contribution in [1.82, 2.24) is 0 Å². The fourth-order valence-electron chi connectivity index (χ4n) is 1.96. The van der Waals surface area contributed by atoms with Crippen LogP contribution in [0.4, 0.5) is 0 Å². The van der Waals surface area contributed by atoms with Crippen LogP contribution in [0.15, 0.2) is 0 Å². The van der Waals surface area contributed by atoms with E-state index < -0.39 is 18.0 Å². The van der Waals surface area contributed by atoms with E-state index in [9.17, 15) is 9.90 Å². The maximum absolute atomic E-state index is 11.0. The number of aliphatic hydroxyl groups is 1. The Balaban J connectivity index is 4.38. The van der Waals surface area contributed by atoms with E-state index >= 15 is 0 Å². The Bertz CT molecular complexity index is 176. The number of aliphatic carboxylic acids is 1. The summed E-state index contributed by atoms with van der Waals surface area (Å²) in [6.45, 7) is 6.02. The summed E-state index contributed by atoms with van der Waals surface area (Å²) < 4.78 is 0. The minimum Gasteiger partial charge on any atom is -0.481 e. The first kappa shape index (κ1) is 14.4. The Morgan fingerprint density at radius 1 is 1.20 bits per heavy atom. The van der Waals surface area contributed by atoms with E-state index in [1.807, 2.05) is 20.8 Å². The number of hydrogen-bond acceptors (Lipinski definition) is 2. The maximum atomic E-state index is 11.0. The molecule has 0 radical (unpaired) electrons.